The summed E-state index contributed by atoms with van der Waals surface area (Å²) in [5.74, 6) is 0.813. The van der Waals surface area contributed by atoms with Crippen LogP contribution < -0.4 is 10.6 Å². The predicted octanol–water partition coefficient (Wildman–Crippen LogP) is 2.31. The molecule has 122 valence electrons. The van der Waals surface area contributed by atoms with Crippen LogP contribution in [0, 0.1) is 5.92 Å². The van der Waals surface area contributed by atoms with Crippen LogP contribution in [0.5, 0.6) is 0 Å². The van der Waals surface area contributed by atoms with Crippen LogP contribution in [0.2, 0.25) is 0 Å². The van der Waals surface area contributed by atoms with Crippen molar-refractivity contribution in [1.29, 1.82) is 0 Å². The van der Waals surface area contributed by atoms with E-state index in [-0.39, 0.29) is 0 Å². The van der Waals surface area contributed by atoms with Gasteiger partial charge in [-0.1, -0.05) is 0 Å². The van der Waals surface area contributed by atoms with Crippen molar-refractivity contribution < 1.29 is 4.74 Å². The summed E-state index contributed by atoms with van der Waals surface area (Å²) in [7, 11) is 2.06. The molecule has 6 unspecified atom stereocenters. The molecule has 4 rings (SSSR count). The van der Waals surface area contributed by atoms with Crippen LogP contribution in [-0.4, -0.2) is 42.9 Å². The molecule has 0 aromatic carbocycles. The number of hydrogen-bond acceptors (Lipinski definition) is 5. The lowest BCUT2D eigenvalue weighted by molar-refractivity contribution is 0.00991. The number of fused-ring (bicyclic) bond motifs is 1. The average molecular weight is 321 g/mol. The van der Waals surface area contributed by atoms with Crippen LogP contribution >= 0.6 is 11.3 Å². The lowest BCUT2D eigenvalue weighted by Gasteiger charge is -2.29. The third-order valence-electron chi connectivity index (χ3n) is 6.02. The molecule has 3 fully saturated rings. The molecule has 2 saturated carbocycles. The van der Waals surface area contributed by atoms with Crippen molar-refractivity contribution in [3.8, 4) is 0 Å². The Morgan fingerprint density at radius 2 is 2.41 bits per heavy atom. The molecule has 0 amide bonds. The fraction of sp³-hybridized carbons (Fsp3) is 0.824. The molecule has 3 aliphatic rings. The molecule has 0 spiro atoms. The van der Waals surface area contributed by atoms with Gasteiger partial charge in [-0.25, -0.2) is 4.98 Å². The van der Waals surface area contributed by atoms with Crippen molar-refractivity contribution in [1.82, 2.24) is 15.6 Å². The topological polar surface area (TPSA) is 46.2 Å². The van der Waals surface area contributed by atoms with Crippen molar-refractivity contribution in [2.24, 2.45) is 5.92 Å². The Labute approximate surface area is 137 Å². The van der Waals surface area contributed by atoms with Crippen LogP contribution in [-0.2, 0) is 10.2 Å². The monoisotopic (exact) mass is 321 g/mol. The lowest BCUT2D eigenvalue weighted by Crippen LogP contribution is -2.43. The van der Waals surface area contributed by atoms with Gasteiger partial charge >= 0.3 is 0 Å². The smallest absolute Gasteiger partial charge is 0.0989 e. The molecule has 1 aromatic rings. The van der Waals surface area contributed by atoms with Crippen molar-refractivity contribution in [2.75, 3.05) is 13.7 Å². The summed E-state index contributed by atoms with van der Waals surface area (Å²) in [6.07, 6.45) is 8.63. The van der Waals surface area contributed by atoms with Crippen LogP contribution in [0.15, 0.2) is 11.6 Å². The van der Waals surface area contributed by atoms with Crippen LogP contribution in [0.25, 0.3) is 0 Å². The third kappa shape index (κ3) is 2.62. The van der Waals surface area contributed by atoms with Gasteiger partial charge in [0.2, 0.25) is 0 Å². The minimum Gasteiger partial charge on any atom is -0.377 e. The minimum atomic E-state index is 0.432. The van der Waals surface area contributed by atoms with Gasteiger partial charge in [0.15, 0.2) is 0 Å². The Kier molecular flexibility index (Phi) is 4.01. The normalized spacial score (nSPS) is 44.0. The Hall–Kier alpha value is -0.490. The van der Waals surface area contributed by atoms with Crippen LogP contribution in [0.3, 0.4) is 0 Å². The van der Waals surface area contributed by atoms with Gasteiger partial charge in [-0.15, -0.1) is 11.3 Å². The summed E-state index contributed by atoms with van der Waals surface area (Å²) >= 11 is 1.84. The molecule has 0 bridgehead atoms. The number of nitrogens with zero attached hydrogens (tertiary/aromatic N) is 1. The first-order valence-corrected chi connectivity index (χ1v) is 9.54. The SMILES string of the molecule is CNC1CC(C)NC1COC1CCC2(c3nccs3)CC2C1. The third-order valence-corrected chi connectivity index (χ3v) is 7.02. The van der Waals surface area contributed by atoms with E-state index in [2.05, 4.69) is 35.0 Å². The summed E-state index contributed by atoms with van der Waals surface area (Å²) in [6, 6.07) is 1.61. The van der Waals surface area contributed by atoms with Gasteiger partial charge in [0, 0.05) is 35.1 Å². The average Bonchev–Trinajstić information content (AvgIpc) is 2.89. The summed E-state index contributed by atoms with van der Waals surface area (Å²) in [4.78, 5) is 4.58. The zero-order valence-electron chi connectivity index (χ0n) is 13.5. The molecule has 2 heterocycles. The van der Waals surface area contributed by atoms with Gasteiger partial charge < -0.3 is 15.4 Å². The number of likely N-dealkylation sites (N-methyl/N-ethyl adjacent to an activating group) is 1. The number of aromatic nitrogens is 1. The van der Waals surface area contributed by atoms with E-state index in [1.807, 2.05) is 17.5 Å². The molecule has 0 radical (unpaired) electrons. The number of nitrogens with one attached hydrogen (secondary N) is 2. The largest absolute Gasteiger partial charge is 0.377 e. The summed E-state index contributed by atoms with van der Waals surface area (Å²) < 4.78 is 6.29. The molecule has 5 heteroatoms. The number of rotatable bonds is 5. The van der Waals surface area contributed by atoms with E-state index in [9.17, 15) is 0 Å². The second-order valence-electron chi connectivity index (χ2n) is 7.43. The summed E-state index contributed by atoms with van der Waals surface area (Å²) in [5, 5.41) is 10.6. The number of hydrogen-bond donors (Lipinski definition) is 2. The minimum absolute atomic E-state index is 0.432. The van der Waals surface area contributed by atoms with Gasteiger partial charge in [0.05, 0.1) is 17.7 Å². The fourth-order valence-corrected chi connectivity index (χ4v) is 5.62. The summed E-state index contributed by atoms with van der Waals surface area (Å²) in [5.41, 5.74) is 0.432. The standard InChI is InChI=1S/C17H27N3OS/c1-11-7-14(18-2)15(20-11)10-21-13-3-4-17(9-12(17)8-13)16-19-5-6-22-16/h5-6,11-15,18,20H,3-4,7-10H2,1-2H3. The highest BCUT2D eigenvalue weighted by molar-refractivity contribution is 7.09. The van der Waals surface area contributed by atoms with Crippen LogP contribution in [0.1, 0.15) is 44.0 Å². The first-order valence-electron chi connectivity index (χ1n) is 8.66. The Balaban J connectivity index is 1.29. The highest BCUT2D eigenvalue weighted by Gasteiger charge is 2.59. The fourth-order valence-electron chi connectivity index (χ4n) is 4.66. The predicted molar refractivity (Wildman–Crippen MR) is 89.3 cm³/mol. The molecule has 2 N–H and O–H groups in total. The van der Waals surface area contributed by atoms with E-state index in [4.69, 9.17) is 4.74 Å². The van der Waals surface area contributed by atoms with E-state index < -0.39 is 0 Å². The van der Waals surface area contributed by atoms with Crippen molar-refractivity contribution in [2.45, 2.75) is 68.7 Å². The lowest BCUT2D eigenvalue weighted by atomic mass is 9.87. The van der Waals surface area contributed by atoms with Gasteiger partial charge in [-0.3, -0.25) is 0 Å². The van der Waals surface area contributed by atoms with Crippen molar-refractivity contribution >= 4 is 11.3 Å². The number of thiazole rings is 1. The second kappa shape index (κ2) is 5.86. The zero-order chi connectivity index (χ0) is 15.2. The second-order valence-corrected chi connectivity index (χ2v) is 8.32. The maximum absolute atomic E-state index is 6.29. The van der Waals surface area contributed by atoms with Gasteiger partial charge in [0.1, 0.15) is 0 Å². The molecule has 6 atom stereocenters. The highest BCUT2D eigenvalue weighted by atomic mass is 32.1. The molecule has 1 aliphatic heterocycles. The van der Waals surface area contributed by atoms with Crippen LogP contribution in [0.4, 0.5) is 0 Å². The first-order chi connectivity index (χ1) is 10.7. The maximum Gasteiger partial charge on any atom is 0.0989 e. The molecule has 2 aliphatic carbocycles. The van der Waals surface area contributed by atoms with E-state index >= 15 is 0 Å². The quantitative estimate of drug-likeness (QED) is 0.874. The molecule has 1 aromatic heterocycles. The Morgan fingerprint density at radius 3 is 3.14 bits per heavy atom. The van der Waals surface area contributed by atoms with Gasteiger partial charge in [-0.2, -0.15) is 0 Å². The summed E-state index contributed by atoms with van der Waals surface area (Å²) in [6.45, 7) is 3.11. The van der Waals surface area contributed by atoms with E-state index in [0.717, 1.165) is 12.5 Å². The van der Waals surface area contributed by atoms with E-state index in [1.165, 1.54) is 37.1 Å². The maximum atomic E-state index is 6.29. The Bertz CT molecular complexity index is 508. The zero-order valence-corrected chi connectivity index (χ0v) is 14.4. The molecule has 1 saturated heterocycles. The first kappa shape index (κ1) is 15.1. The number of ether oxygens (including phenoxy) is 1. The van der Waals surface area contributed by atoms with Crippen molar-refractivity contribution in [3.05, 3.63) is 16.6 Å². The highest BCUT2D eigenvalue weighted by Crippen LogP contribution is 2.63. The Morgan fingerprint density at radius 1 is 1.50 bits per heavy atom. The molecular formula is C17H27N3OS. The molecular weight excluding hydrogens is 294 g/mol. The van der Waals surface area contributed by atoms with Gasteiger partial charge in [0.25, 0.3) is 0 Å². The van der Waals surface area contributed by atoms with Gasteiger partial charge in [-0.05, 0) is 52.0 Å². The molecule has 22 heavy (non-hydrogen) atoms. The molecule has 4 nitrogen and oxygen atoms in total. The van der Waals surface area contributed by atoms with E-state index in [0.29, 0.717) is 29.6 Å². The van der Waals surface area contributed by atoms with Crippen molar-refractivity contribution in [3.63, 3.8) is 0 Å². The van der Waals surface area contributed by atoms with E-state index in [1.54, 1.807) is 0 Å².